The Labute approximate surface area is 176 Å². The molecule has 1 saturated carbocycles. The Hall–Kier alpha value is -1.16. The van der Waals surface area contributed by atoms with Crippen LogP contribution in [0.25, 0.3) is 0 Å². The number of nitrogens with one attached hydrogen (secondary N) is 1. The molecule has 0 atom stereocenters. The number of rotatable bonds is 5. The monoisotopic (exact) mass is 426 g/mol. The molecule has 2 heterocycles. The summed E-state index contributed by atoms with van der Waals surface area (Å²) >= 11 is 0. The van der Waals surface area contributed by atoms with Crippen molar-refractivity contribution in [2.24, 2.45) is 0 Å². The number of pyridine rings is 1. The van der Waals surface area contributed by atoms with Gasteiger partial charge in [0.1, 0.15) is 4.90 Å². The van der Waals surface area contributed by atoms with Crippen LogP contribution in [-0.4, -0.2) is 44.9 Å². The summed E-state index contributed by atoms with van der Waals surface area (Å²) in [5.74, 6) is 0.0681. The van der Waals surface area contributed by atoms with Crippen LogP contribution in [0.1, 0.15) is 73.6 Å². The molecule has 0 aromatic carbocycles. The number of ether oxygens (including phenoxy) is 1. The van der Waals surface area contributed by atoms with Gasteiger partial charge < -0.3 is 14.0 Å². The summed E-state index contributed by atoms with van der Waals surface area (Å²) in [5, 5.41) is 0. The summed E-state index contributed by atoms with van der Waals surface area (Å²) in [5.41, 5.74) is -0.480. The molecule has 1 aliphatic carbocycles. The fourth-order valence-electron chi connectivity index (χ4n) is 3.40. The molecule has 0 bridgehead atoms. The van der Waals surface area contributed by atoms with Crippen molar-refractivity contribution in [3.05, 3.63) is 12.3 Å². The Morgan fingerprint density at radius 3 is 2.17 bits per heavy atom. The Morgan fingerprint density at radius 1 is 1.10 bits per heavy atom. The first-order valence-corrected chi connectivity index (χ1v) is 12.0. The van der Waals surface area contributed by atoms with E-state index >= 15 is 0 Å². The average molecular weight is 426 g/mol. The molecule has 0 spiro atoms. The highest BCUT2D eigenvalue weighted by atomic mass is 32.2. The van der Waals surface area contributed by atoms with E-state index in [2.05, 4.69) is 9.71 Å². The lowest BCUT2D eigenvalue weighted by atomic mass is 9.80. The first-order chi connectivity index (χ1) is 13.6. The van der Waals surface area contributed by atoms with Gasteiger partial charge in [-0.15, -0.1) is 0 Å². The molecule has 29 heavy (non-hydrogen) atoms. The van der Waals surface area contributed by atoms with Crippen molar-refractivity contribution in [3.63, 3.8) is 0 Å². The highest BCUT2D eigenvalue weighted by Gasteiger charge is 2.52. The number of hydrogen-bond donors (Lipinski definition) is 1. The summed E-state index contributed by atoms with van der Waals surface area (Å²) in [7, 11) is -3.03. The lowest BCUT2D eigenvalue weighted by molar-refractivity contribution is 0.00578. The quantitative estimate of drug-likeness (QED) is 0.729. The minimum absolute atomic E-state index is 0.0165. The lowest BCUT2D eigenvalue weighted by Gasteiger charge is -2.32. The largest absolute Gasteiger partial charge is 0.496 e. The van der Waals surface area contributed by atoms with E-state index in [0.717, 1.165) is 32.1 Å². The molecule has 9 heteroatoms. The van der Waals surface area contributed by atoms with Gasteiger partial charge in [-0.3, -0.25) is 0 Å². The fraction of sp³-hybridized carbons (Fsp3) is 0.750. The maximum absolute atomic E-state index is 13.0. The summed E-state index contributed by atoms with van der Waals surface area (Å²) in [6.07, 6.45) is 6.48. The summed E-state index contributed by atoms with van der Waals surface area (Å²) in [6.45, 7) is 11.8. The van der Waals surface area contributed by atoms with Gasteiger partial charge in [0.15, 0.2) is 0 Å². The van der Waals surface area contributed by atoms with Crippen molar-refractivity contribution >= 4 is 22.6 Å². The van der Waals surface area contributed by atoms with Crippen molar-refractivity contribution in [2.45, 2.75) is 95.8 Å². The maximum Gasteiger partial charge on any atom is 0.496 e. The second-order valence-electron chi connectivity index (χ2n) is 8.32. The standard InChI is InChI=1S/C18H29BN2O5S.C2H6/c1-17(2)18(3,4)26-19(25-17)13-11-15(16(24-5)20-12-13)27(22,23)21-14-9-7-6-8-10-14;1-2/h11-12,14,21H,6-10H2,1-5H3;1-2H3. The van der Waals surface area contributed by atoms with Crippen LogP contribution in [-0.2, 0) is 19.3 Å². The molecule has 0 unspecified atom stereocenters. The van der Waals surface area contributed by atoms with Gasteiger partial charge in [0, 0.05) is 17.7 Å². The molecular formula is C20H35BN2O5S. The van der Waals surface area contributed by atoms with E-state index in [9.17, 15) is 8.42 Å². The van der Waals surface area contributed by atoms with Crippen molar-refractivity contribution in [1.29, 1.82) is 0 Å². The fourth-order valence-corrected chi connectivity index (χ4v) is 4.86. The van der Waals surface area contributed by atoms with Gasteiger partial charge in [-0.1, -0.05) is 33.1 Å². The predicted molar refractivity (Wildman–Crippen MR) is 115 cm³/mol. The highest BCUT2D eigenvalue weighted by molar-refractivity contribution is 7.89. The first-order valence-electron chi connectivity index (χ1n) is 10.5. The molecular weight excluding hydrogens is 391 g/mol. The second-order valence-corrected chi connectivity index (χ2v) is 10.0. The van der Waals surface area contributed by atoms with E-state index < -0.39 is 28.3 Å². The second kappa shape index (κ2) is 9.33. The van der Waals surface area contributed by atoms with Crippen LogP contribution in [0.15, 0.2) is 17.2 Å². The predicted octanol–water partition coefficient (Wildman–Crippen LogP) is 3.03. The number of sulfonamides is 1. The average Bonchev–Trinajstić information content (AvgIpc) is 2.90. The molecule has 0 radical (unpaired) electrons. The van der Waals surface area contributed by atoms with Gasteiger partial charge >= 0.3 is 7.12 Å². The van der Waals surface area contributed by atoms with Crippen molar-refractivity contribution in [2.75, 3.05) is 7.11 Å². The Kier molecular flexibility index (Phi) is 7.76. The normalized spacial score (nSPS) is 21.4. The van der Waals surface area contributed by atoms with Crippen molar-refractivity contribution in [3.8, 4) is 5.88 Å². The highest BCUT2D eigenvalue weighted by Crippen LogP contribution is 2.36. The zero-order chi connectivity index (χ0) is 21.9. The van der Waals surface area contributed by atoms with E-state index in [1.54, 1.807) is 12.3 Å². The molecule has 3 rings (SSSR count). The molecule has 0 amide bonds. The number of nitrogens with zero attached hydrogens (tertiary/aromatic N) is 1. The van der Waals surface area contributed by atoms with Gasteiger partial charge in [-0.25, -0.2) is 18.1 Å². The van der Waals surface area contributed by atoms with E-state index in [1.165, 1.54) is 7.11 Å². The topological polar surface area (TPSA) is 86.8 Å². The van der Waals surface area contributed by atoms with Crippen LogP contribution in [0.4, 0.5) is 0 Å². The summed E-state index contributed by atoms with van der Waals surface area (Å²) in [6, 6.07) is 1.49. The zero-order valence-corrected chi connectivity index (χ0v) is 19.6. The van der Waals surface area contributed by atoms with E-state index in [4.69, 9.17) is 14.0 Å². The molecule has 1 aliphatic heterocycles. The molecule has 2 aliphatic rings. The third-order valence-corrected chi connectivity index (χ3v) is 7.29. The third kappa shape index (κ3) is 5.31. The Morgan fingerprint density at radius 2 is 1.66 bits per heavy atom. The molecule has 1 aromatic heterocycles. The van der Waals surface area contributed by atoms with Gasteiger partial charge in [-0.05, 0) is 46.6 Å². The van der Waals surface area contributed by atoms with Gasteiger partial charge in [0.05, 0.1) is 18.3 Å². The number of aromatic nitrogens is 1. The molecule has 2 fully saturated rings. The van der Waals surface area contributed by atoms with Gasteiger partial charge in [0.2, 0.25) is 15.9 Å². The third-order valence-electron chi connectivity index (χ3n) is 5.77. The van der Waals surface area contributed by atoms with E-state index in [0.29, 0.717) is 5.46 Å². The molecule has 1 saturated heterocycles. The summed E-state index contributed by atoms with van der Waals surface area (Å²) in [4.78, 5) is 4.21. The molecule has 1 aromatic rings. The van der Waals surface area contributed by atoms with Crippen LogP contribution in [0.2, 0.25) is 0 Å². The Balaban J connectivity index is 0.00000145. The zero-order valence-electron chi connectivity index (χ0n) is 18.7. The van der Waals surface area contributed by atoms with Gasteiger partial charge in [-0.2, -0.15) is 0 Å². The molecule has 164 valence electrons. The van der Waals surface area contributed by atoms with E-state index in [-0.39, 0.29) is 16.8 Å². The Bertz CT molecular complexity index is 776. The minimum atomic E-state index is -3.76. The van der Waals surface area contributed by atoms with Crippen molar-refractivity contribution < 1.29 is 22.5 Å². The number of hydrogen-bond acceptors (Lipinski definition) is 6. The van der Waals surface area contributed by atoms with Crippen LogP contribution >= 0.6 is 0 Å². The van der Waals surface area contributed by atoms with Crippen molar-refractivity contribution in [1.82, 2.24) is 9.71 Å². The van der Waals surface area contributed by atoms with E-state index in [1.807, 2.05) is 41.5 Å². The van der Waals surface area contributed by atoms with Crippen LogP contribution < -0.4 is 14.9 Å². The summed E-state index contributed by atoms with van der Waals surface area (Å²) < 4.78 is 46.0. The van der Waals surface area contributed by atoms with Crippen LogP contribution in [0, 0.1) is 0 Å². The molecule has 7 nitrogen and oxygen atoms in total. The maximum atomic E-state index is 13.0. The smallest absolute Gasteiger partial charge is 0.480 e. The minimum Gasteiger partial charge on any atom is -0.480 e. The number of methoxy groups -OCH3 is 1. The molecule has 1 N–H and O–H groups in total. The first kappa shape index (κ1) is 24.1. The van der Waals surface area contributed by atoms with Crippen LogP contribution in [0.3, 0.4) is 0 Å². The SMILES string of the molecule is CC.COc1ncc(B2OC(C)(C)C(C)(C)O2)cc1S(=O)(=O)NC1CCCCC1. The van der Waals surface area contributed by atoms with Gasteiger partial charge in [0.25, 0.3) is 0 Å². The van der Waals surface area contributed by atoms with Crippen LogP contribution in [0.5, 0.6) is 5.88 Å². The lowest BCUT2D eigenvalue weighted by Crippen LogP contribution is -2.41.